The zero-order valence-corrected chi connectivity index (χ0v) is 21.4. The van der Waals surface area contributed by atoms with Gasteiger partial charge in [0.05, 0.1) is 24.2 Å². The topological polar surface area (TPSA) is 81.0 Å². The van der Waals surface area contributed by atoms with Gasteiger partial charge in [0.15, 0.2) is 0 Å². The number of aliphatic carboxylic acids is 1. The van der Waals surface area contributed by atoms with Gasteiger partial charge in [0.2, 0.25) is 0 Å². The van der Waals surface area contributed by atoms with Crippen molar-refractivity contribution in [3.63, 3.8) is 0 Å². The number of benzene rings is 3. The van der Waals surface area contributed by atoms with Crippen LogP contribution < -0.4 is 14.4 Å². The zero-order chi connectivity index (χ0) is 26.3. The smallest absolute Gasteiger partial charge is 0.307 e. The molecule has 1 aliphatic heterocycles. The average Bonchev–Trinajstić information content (AvgIpc) is 3.13. The molecule has 0 saturated carbocycles. The number of carboxylic acids is 1. The maximum Gasteiger partial charge on any atom is 0.307 e. The third-order valence-electron chi connectivity index (χ3n) is 6.94. The minimum absolute atomic E-state index is 0.124. The van der Waals surface area contributed by atoms with E-state index in [0.29, 0.717) is 35.5 Å². The molecule has 0 fully saturated rings. The van der Waals surface area contributed by atoms with E-state index in [1.807, 2.05) is 81.6 Å². The highest BCUT2D eigenvalue weighted by molar-refractivity contribution is 6.05. The first-order valence-electron chi connectivity index (χ1n) is 12.3. The van der Waals surface area contributed by atoms with Crippen molar-refractivity contribution in [1.29, 1.82) is 0 Å². The molecule has 7 nitrogen and oxygen atoms in total. The standard InChI is InChI=1S/C30H30N2O5/c1-18-13-21(30(35)32-20(3)24(15-28(33)34)23-9-5-6-10-25(23)32)14-19(2)29(18)36-17-22-16-31(4)26-11-7-8-12-27(26)37-22/h5-14,22H,15-17H2,1-4H3,(H,33,34)/t22-/m0/s1. The van der Waals surface area contributed by atoms with Gasteiger partial charge in [-0.3, -0.25) is 14.2 Å². The van der Waals surface area contributed by atoms with Gasteiger partial charge in [-0.25, -0.2) is 0 Å². The van der Waals surface area contributed by atoms with Gasteiger partial charge in [-0.2, -0.15) is 0 Å². The molecule has 2 heterocycles. The van der Waals surface area contributed by atoms with E-state index in [1.54, 1.807) is 11.5 Å². The first-order chi connectivity index (χ1) is 17.7. The van der Waals surface area contributed by atoms with E-state index in [4.69, 9.17) is 9.47 Å². The van der Waals surface area contributed by atoms with Crippen LogP contribution in [0.25, 0.3) is 10.9 Å². The predicted octanol–water partition coefficient (Wildman–Crippen LogP) is 5.16. The molecule has 1 N–H and O–H groups in total. The lowest BCUT2D eigenvalue weighted by molar-refractivity contribution is -0.136. The van der Waals surface area contributed by atoms with Crippen molar-refractivity contribution in [2.45, 2.75) is 33.3 Å². The summed E-state index contributed by atoms with van der Waals surface area (Å²) in [5.74, 6) is 0.457. The summed E-state index contributed by atoms with van der Waals surface area (Å²) in [4.78, 5) is 27.3. The van der Waals surface area contributed by atoms with Gasteiger partial charge in [0, 0.05) is 23.7 Å². The number of hydrogen-bond acceptors (Lipinski definition) is 5. The van der Waals surface area contributed by atoms with Crippen molar-refractivity contribution in [1.82, 2.24) is 4.57 Å². The number of ether oxygens (including phenoxy) is 2. The fourth-order valence-electron chi connectivity index (χ4n) is 5.26. The molecule has 1 aromatic heterocycles. The molecule has 7 heteroatoms. The van der Waals surface area contributed by atoms with E-state index in [9.17, 15) is 14.7 Å². The Balaban J connectivity index is 1.40. The summed E-state index contributed by atoms with van der Waals surface area (Å²) < 4.78 is 14.0. The quantitative estimate of drug-likeness (QED) is 0.396. The van der Waals surface area contributed by atoms with Crippen molar-refractivity contribution in [3.8, 4) is 11.5 Å². The molecule has 0 bridgehead atoms. The van der Waals surface area contributed by atoms with Gasteiger partial charge in [-0.05, 0) is 67.8 Å². The van der Waals surface area contributed by atoms with E-state index in [-0.39, 0.29) is 18.4 Å². The molecular weight excluding hydrogens is 468 g/mol. The summed E-state index contributed by atoms with van der Waals surface area (Å²) in [5.41, 5.74) is 5.30. The fraction of sp³-hybridized carbons (Fsp3) is 0.267. The SMILES string of the molecule is Cc1cc(C(=O)n2c(C)c(CC(=O)O)c3ccccc32)cc(C)c1OC[C@@H]1CN(C)c2ccccc2O1. The second-order valence-electron chi connectivity index (χ2n) is 9.63. The lowest BCUT2D eigenvalue weighted by Gasteiger charge is -2.33. The Morgan fingerprint density at radius 3 is 2.43 bits per heavy atom. The van der Waals surface area contributed by atoms with Crippen LogP contribution in [0.15, 0.2) is 60.7 Å². The number of likely N-dealkylation sites (N-methyl/N-ethyl adjacent to an activating group) is 1. The number of carbonyl (C=O) groups is 2. The van der Waals surface area contributed by atoms with Gasteiger partial charge < -0.3 is 19.5 Å². The molecule has 3 aromatic carbocycles. The number of fused-ring (bicyclic) bond motifs is 2. The van der Waals surface area contributed by atoms with E-state index >= 15 is 0 Å². The zero-order valence-electron chi connectivity index (χ0n) is 21.4. The van der Waals surface area contributed by atoms with Crippen molar-refractivity contribution < 1.29 is 24.2 Å². The summed E-state index contributed by atoms with van der Waals surface area (Å²) in [6.07, 6.45) is -0.262. The summed E-state index contributed by atoms with van der Waals surface area (Å²) in [6, 6.07) is 19.0. The van der Waals surface area contributed by atoms with Crippen molar-refractivity contribution in [3.05, 3.63) is 88.6 Å². The van der Waals surface area contributed by atoms with Crippen LogP contribution in [0.1, 0.15) is 32.7 Å². The number of anilines is 1. The van der Waals surface area contributed by atoms with Gasteiger partial charge in [-0.1, -0.05) is 30.3 Å². The molecule has 0 aliphatic carbocycles. The Bertz CT molecular complexity index is 1500. The fourth-order valence-corrected chi connectivity index (χ4v) is 5.26. The second-order valence-corrected chi connectivity index (χ2v) is 9.63. The van der Waals surface area contributed by atoms with Crippen LogP contribution in [0.3, 0.4) is 0 Å². The maximum atomic E-state index is 13.7. The number of aryl methyl sites for hydroxylation is 2. The Morgan fingerprint density at radius 1 is 1.03 bits per heavy atom. The van der Waals surface area contributed by atoms with Gasteiger partial charge >= 0.3 is 5.97 Å². The molecule has 37 heavy (non-hydrogen) atoms. The Labute approximate surface area is 215 Å². The molecule has 0 radical (unpaired) electrons. The molecule has 190 valence electrons. The van der Waals surface area contributed by atoms with Crippen LogP contribution in [0, 0.1) is 20.8 Å². The lowest BCUT2D eigenvalue weighted by atomic mass is 10.0. The number of aromatic nitrogens is 1. The van der Waals surface area contributed by atoms with Gasteiger partial charge in [0.1, 0.15) is 24.2 Å². The Hall–Kier alpha value is -4.26. The summed E-state index contributed by atoms with van der Waals surface area (Å²) in [6.45, 7) is 6.75. The minimum Gasteiger partial charge on any atom is -0.489 e. The van der Waals surface area contributed by atoms with Crippen molar-refractivity contribution in [2.75, 3.05) is 25.1 Å². The van der Waals surface area contributed by atoms with Crippen LogP contribution in [0.2, 0.25) is 0 Å². The predicted molar refractivity (Wildman–Crippen MR) is 143 cm³/mol. The maximum absolute atomic E-state index is 13.7. The van der Waals surface area contributed by atoms with Crippen LogP contribution in [0.4, 0.5) is 5.69 Å². The highest BCUT2D eigenvalue weighted by Crippen LogP contribution is 2.33. The highest BCUT2D eigenvalue weighted by atomic mass is 16.5. The molecule has 0 spiro atoms. The van der Waals surface area contributed by atoms with Crippen molar-refractivity contribution in [2.24, 2.45) is 0 Å². The number of rotatable bonds is 6. The number of carboxylic acid groups (broad SMARTS) is 1. The van der Waals surface area contributed by atoms with Gasteiger partial charge in [-0.15, -0.1) is 0 Å². The molecular formula is C30H30N2O5. The summed E-state index contributed by atoms with van der Waals surface area (Å²) >= 11 is 0. The molecule has 4 aromatic rings. The third kappa shape index (κ3) is 4.53. The van der Waals surface area contributed by atoms with E-state index < -0.39 is 5.97 Å². The molecule has 5 rings (SSSR count). The molecule has 1 aliphatic rings. The molecule has 0 amide bonds. The van der Waals surface area contributed by atoms with Crippen LogP contribution in [0.5, 0.6) is 11.5 Å². The Morgan fingerprint density at radius 2 is 1.70 bits per heavy atom. The number of para-hydroxylation sites is 3. The van der Waals surface area contributed by atoms with Crippen LogP contribution >= 0.6 is 0 Å². The van der Waals surface area contributed by atoms with E-state index in [0.717, 1.165) is 33.7 Å². The first-order valence-corrected chi connectivity index (χ1v) is 12.3. The monoisotopic (exact) mass is 498 g/mol. The van der Waals surface area contributed by atoms with E-state index in [2.05, 4.69) is 4.90 Å². The largest absolute Gasteiger partial charge is 0.489 e. The first kappa shape index (κ1) is 24.4. The van der Waals surface area contributed by atoms with E-state index in [1.165, 1.54) is 0 Å². The summed E-state index contributed by atoms with van der Waals surface area (Å²) in [7, 11) is 2.04. The molecule has 0 saturated heterocycles. The second kappa shape index (κ2) is 9.65. The number of nitrogens with zero attached hydrogens (tertiary/aromatic N) is 2. The third-order valence-corrected chi connectivity index (χ3v) is 6.94. The highest BCUT2D eigenvalue weighted by Gasteiger charge is 2.25. The minimum atomic E-state index is -0.928. The van der Waals surface area contributed by atoms with Crippen molar-refractivity contribution >= 4 is 28.5 Å². The lowest BCUT2D eigenvalue weighted by Crippen LogP contribution is -2.41. The molecule has 1 atom stereocenters. The van der Waals surface area contributed by atoms with Crippen LogP contribution in [-0.2, 0) is 11.2 Å². The van der Waals surface area contributed by atoms with Gasteiger partial charge in [0.25, 0.3) is 5.91 Å². The van der Waals surface area contributed by atoms with Crippen LogP contribution in [-0.4, -0.2) is 47.9 Å². The Kier molecular flexibility index (Phi) is 6.38. The average molecular weight is 499 g/mol. The number of hydrogen-bond donors (Lipinski definition) is 1. The summed E-state index contributed by atoms with van der Waals surface area (Å²) in [5, 5.41) is 10.2. The number of carbonyl (C=O) groups excluding carboxylic acids is 1. The normalized spacial score (nSPS) is 14.8. The molecule has 0 unspecified atom stereocenters.